The largest absolute Gasteiger partial charge is 0.481 e. The summed E-state index contributed by atoms with van der Waals surface area (Å²) < 4.78 is 10.1. The molecule has 0 aliphatic heterocycles. The van der Waals surface area contributed by atoms with Gasteiger partial charge in [-0.1, -0.05) is 0 Å². The minimum atomic E-state index is -0.879. The topological polar surface area (TPSA) is 84.9 Å². The SMILES string of the molecule is CNC(=O)CCOCCOCCC(=O)O. The summed E-state index contributed by atoms with van der Waals surface area (Å²) in [4.78, 5) is 20.8. The number of carbonyl (C=O) groups is 2. The summed E-state index contributed by atoms with van der Waals surface area (Å²) in [6, 6.07) is 0. The van der Waals surface area contributed by atoms with Gasteiger partial charge in [0.05, 0.1) is 32.8 Å². The van der Waals surface area contributed by atoms with Gasteiger partial charge in [0.1, 0.15) is 0 Å². The smallest absolute Gasteiger partial charge is 0.305 e. The van der Waals surface area contributed by atoms with E-state index in [9.17, 15) is 9.59 Å². The highest BCUT2D eigenvalue weighted by Gasteiger charge is 1.98. The van der Waals surface area contributed by atoms with E-state index in [1.807, 2.05) is 0 Å². The maximum absolute atomic E-state index is 10.7. The van der Waals surface area contributed by atoms with E-state index in [0.29, 0.717) is 26.2 Å². The summed E-state index contributed by atoms with van der Waals surface area (Å²) in [6.07, 6.45) is 0.323. The first-order valence-electron chi connectivity index (χ1n) is 4.74. The molecule has 6 heteroatoms. The predicted molar refractivity (Wildman–Crippen MR) is 52.6 cm³/mol. The van der Waals surface area contributed by atoms with E-state index in [-0.39, 0.29) is 18.9 Å². The minimum absolute atomic E-state index is 0.00175. The van der Waals surface area contributed by atoms with Crippen LogP contribution in [0.5, 0.6) is 0 Å². The molecule has 0 aromatic heterocycles. The van der Waals surface area contributed by atoms with E-state index in [4.69, 9.17) is 14.6 Å². The molecule has 1 amide bonds. The van der Waals surface area contributed by atoms with Crippen LogP contribution in [0.15, 0.2) is 0 Å². The summed E-state index contributed by atoms with van der Waals surface area (Å²) in [5.41, 5.74) is 0. The van der Waals surface area contributed by atoms with Crippen molar-refractivity contribution in [3.8, 4) is 0 Å². The highest BCUT2D eigenvalue weighted by molar-refractivity contribution is 5.75. The second-order valence-electron chi connectivity index (χ2n) is 2.79. The Hall–Kier alpha value is -1.14. The van der Waals surface area contributed by atoms with Crippen LogP contribution in [0.3, 0.4) is 0 Å². The van der Waals surface area contributed by atoms with Crippen molar-refractivity contribution in [3.05, 3.63) is 0 Å². The van der Waals surface area contributed by atoms with Gasteiger partial charge in [-0.05, 0) is 0 Å². The molecule has 6 nitrogen and oxygen atoms in total. The van der Waals surface area contributed by atoms with Crippen LogP contribution in [0, 0.1) is 0 Å². The molecule has 88 valence electrons. The molecule has 0 heterocycles. The molecular weight excluding hydrogens is 202 g/mol. The molecule has 0 aromatic carbocycles. The molecule has 0 atom stereocenters. The molecule has 0 rings (SSSR count). The molecule has 0 aliphatic carbocycles. The van der Waals surface area contributed by atoms with Crippen molar-refractivity contribution < 1.29 is 24.2 Å². The zero-order chi connectivity index (χ0) is 11.5. The fourth-order valence-corrected chi connectivity index (χ4v) is 0.771. The van der Waals surface area contributed by atoms with Crippen LogP contribution in [0.1, 0.15) is 12.8 Å². The molecule has 0 bridgehead atoms. The van der Waals surface area contributed by atoms with Gasteiger partial charge in [-0.3, -0.25) is 9.59 Å². The van der Waals surface area contributed by atoms with Crippen LogP contribution in [-0.4, -0.2) is 50.5 Å². The first kappa shape index (κ1) is 13.9. The number of ether oxygens (including phenoxy) is 2. The van der Waals surface area contributed by atoms with Crippen molar-refractivity contribution in [2.75, 3.05) is 33.5 Å². The van der Waals surface area contributed by atoms with Gasteiger partial charge in [-0.25, -0.2) is 0 Å². The fourth-order valence-electron chi connectivity index (χ4n) is 0.771. The summed E-state index contributed by atoms with van der Waals surface area (Å²) in [5, 5.41) is 10.8. The quantitative estimate of drug-likeness (QED) is 0.517. The summed E-state index contributed by atoms with van der Waals surface area (Å²) in [6.45, 7) is 1.26. The van der Waals surface area contributed by atoms with Crippen LogP contribution in [0.2, 0.25) is 0 Å². The number of rotatable bonds is 9. The van der Waals surface area contributed by atoms with Gasteiger partial charge in [0.25, 0.3) is 0 Å². The molecule has 15 heavy (non-hydrogen) atoms. The Bertz CT molecular complexity index is 195. The monoisotopic (exact) mass is 219 g/mol. The van der Waals surface area contributed by atoms with E-state index in [1.165, 1.54) is 0 Å². The Balaban J connectivity index is 3.05. The van der Waals surface area contributed by atoms with Crippen molar-refractivity contribution in [1.82, 2.24) is 5.32 Å². The summed E-state index contributed by atoms with van der Waals surface area (Å²) in [7, 11) is 1.57. The number of carbonyl (C=O) groups excluding carboxylic acids is 1. The standard InChI is InChI=1S/C9H17NO5/c1-10-8(11)2-4-14-6-7-15-5-3-9(12)13/h2-7H2,1H3,(H,10,11)(H,12,13). The van der Waals surface area contributed by atoms with Crippen molar-refractivity contribution in [2.45, 2.75) is 12.8 Å². The van der Waals surface area contributed by atoms with Gasteiger partial charge < -0.3 is 19.9 Å². The van der Waals surface area contributed by atoms with Crippen molar-refractivity contribution in [3.63, 3.8) is 0 Å². The summed E-state index contributed by atoms with van der Waals surface area (Å²) in [5.74, 6) is -0.947. The second-order valence-corrected chi connectivity index (χ2v) is 2.79. The van der Waals surface area contributed by atoms with Crippen molar-refractivity contribution >= 4 is 11.9 Å². The van der Waals surface area contributed by atoms with E-state index < -0.39 is 5.97 Å². The Morgan fingerprint density at radius 2 is 1.60 bits per heavy atom. The molecule has 0 spiro atoms. The lowest BCUT2D eigenvalue weighted by atomic mass is 10.4. The molecule has 0 unspecified atom stereocenters. The maximum Gasteiger partial charge on any atom is 0.305 e. The average molecular weight is 219 g/mol. The molecule has 0 saturated carbocycles. The lowest BCUT2D eigenvalue weighted by molar-refractivity contribution is -0.138. The number of carboxylic acid groups (broad SMARTS) is 1. The summed E-state index contributed by atoms with van der Waals surface area (Å²) >= 11 is 0. The van der Waals surface area contributed by atoms with Gasteiger partial charge in [0.15, 0.2) is 0 Å². The fraction of sp³-hybridized carbons (Fsp3) is 0.778. The average Bonchev–Trinajstić information content (AvgIpc) is 2.21. The highest BCUT2D eigenvalue weighted by atomic mass is 16.5. The van der Waals surface area contributed by atoms with Crippen molar-refractivity contribution in [2.24, 2.45) is 0 Å². The van der Waals surface area contributed by atoms with E-state index in [1.54, 1.807) is 7.05 Å². The highest BCUT2D eigenvalue weighted by Crippen LogP contribution is 1.86. The van der Waals surface area contributed by atoms with Gasteiger partial charge in [-0.2, -0.15) is 0 Å². The van der Waals surface area contributed by atoms with Crippen molar-refractivity contribution in [1.29, 1.82) is 0 Å². The van der Waals surface area contributed by atoms with E-state index in [2.05, 4.69) is 5.32 Å². The zero-order valence-electron chi connectivity index (χ0n) is 8.82. The minimum Gasteiger partial charge on any atom is -0.481 e. The Labute approximate surface area is 88.6 Å². The molecule has 0 saturated heterocycles. The molecule has 0 fully saturated rings. The molecule has 0 aliphatic rings. The number of hydrogen-bond acceptors (Lipinski definition) is 4. The number of amides is 1. The normalized spacial score (nSPS) is 9.93. The molecule has 0 radical (unpaired) electrons. The number of nitrogens with one attached hydrogen (secondary N) is 1. The first-order valence-corrected chi connectivity index (χ1v) is 4.74. The van der Waals surface area contributed by atoms with Gasteiger partial charge >= 0.3 is 5.97 Å². The van der Waals surface area contributed by atoms with E-state index in [0.717, 1.165) is 0 Å². The van der Waals surface area contributed by atoms with Crippen LogP contribution >= 0.6 is 0 Å². The van der Waals surface area contributed by atoms with Crippen LogP contribution < -0.4 is 5.32 Å². The zero-order valence-corrected chi connectivity index (χ0v) is 8.82. The molecule has 2 N–H and O–H groups in total. The third kappa shape index (κ3) is 10.8. The maximum atomic E-state index is 10.7. The lowest BCUT2D eigenvalue weighted by Crippen LogP contribution is -2.20. The number of carboxylic acids is 1. The van der Waals surface area contributed by atoms with Crippen LogP contribution in [0.25, 0.3) is 0 Å². The Kier molecular flexibility index (Phi) is 8.70. The van der Waals surface area contributed by atoms with Crippen LogP contribution in [-0.2, 0) is 19.1 Å². The number of aliphatic carboxylic acids is 1. The van der Waals surface area contributed by atoms with Gasteiger partial charge in [-0.15, -0.1) is 0 Å². The predicted octanol–water partition coefficient (Wildman–Crippen LogP) is -0.370. The van der Waals surface area contributed by atoms with E-state index >= 15 is 0 Å². The van der Waals surface area contributed by atoms with Gasteiger partial charge in [0, 0.05) is 13.5 Å². The Morgan fingerprint density at radius 3 is 2.07 bits per heavy atom. The lowest BCUT2D eigenvalue weighted by Gasteiger charge is -2.04. The third-order valence-electron chi connectivity index (χ3n) is 1.58. The van der Waals surface area contributed by atoms with Crippen LogP contribution in [0.4, 0.5) is 0 Å². The molecular formula is C9H17NO5. The Morgan fingerprint density at radius 1 is 1.07 bits per heavy atom. The third-order valence-corrected chi connectivity index (χ3v) is 1.58. The second kappa shape index (κ2) is 9.42. The number of hydrogen-bond donors (Lipinski definition) is 2. The molecule has 0 aromatic rings. The first-order chi connectivity index (χ1) is 7.16. The van der Waals surface area contributed by atoms with Gasteiger partial charge in [0.2, 0.25) is 5.91 Å².